The molecule has 2 N–H and O–H groups in total. The summed E-state index contributed by atoms with van der Waals surface area (Å²) in [6.45, 7) is 7.94. The van der Waals surface area contributed by atoms with E-state index in [1.54, 1.807) is 26.4 Å². The van der Waals surface area contributed by atoms with Gasteiger partial charge in [-0.25, -0.2) is 5.48 Å². The first kappa shape index (κ1) is 21.4. The molecule has 0 aliphatic carbocycles. The minimum absolute atomic E-state index is 0.208. The predicted octanol–water partition coefficient (Wildman–Crippen LogP) is 3.34. The van der Waals surface area contributed by atoms with Gasteiger partial charge in [0.15, 0.2) is 0 Å². The maximum atomic E-state index is 12.6. The van der Waals surface area contributed by atoms with Crippen molar-refractivity contribution in [3.05, 3.63) is 64.7 Å². The van der Waals surface area contributed by atoms with Crippen LogP contribution >= 0.6 is 0 Å². The third kappa shape index (κ3) is 5.33. The molecule has 6 nitrogen and oxygen atoms in total. The summed E-state index contributed by atoms with van der Waals surface area (Å²) in [7, 11) is 1.54. The highest BCUT2D eigenvalue weighted by Gasteiger charge is 2.26. The van der Waals surface area contributed by atoms with E-state index in [2.05, 4.69) is 32.0 Å². The minimum Gasteiger partial charge on any atom is -0.489 e. The third-order valence-electron chi connectivity index (χ3n) is 4.86. The molecule has 0 fully saturated rings. The maximum absolute atomic E-state index is 12.6. The molecule has 0 aromatic heterocycles. The molecular formula is C22H28N2O4. The van der Waals surface area contributed by atoms with Gasteiger partial charge in [-0.2, -0.15) is 0 Å². The average molecular weight is 384 g/mol. The van der Waals surface area contributed by atoms with Crippen LogP contribution in [0.15, 0.2) is 42.5 Å². The highest BCUT2D eigenvalue weighted by atomic mass is 16.5. The lowest BCUT2D eigenvalue weighted by molar-refractivity contribution is -0.143. The molecule has 2 rings (SSSR count). The number of likely N-dealkylation sites (N-methyl/N-ethyl adjacent to an activating group) is 1. The SMILES string of the molecule is Cc1cc(C)cc(COc2ccc(C(C)C(=O)N(C)[C@H](C)C(=O)NO)cc2)c1. The molecule has 0 radical (unpaired) electrons. The first-order chi connectivity index (χ1) is 13.2. The molecule has 2 amide bonds. The number of carbonyl (C=O) groups is 2. The van der Waals surface area contributed by atoms with Crippen LogP contribution in [0, 0.1) is 13.8 Å². The molecule has 150 valence electrons. The maximum Gasteiger partial charge on any atom is 0.265 e. The monoisotopic (exact) mass is 384 g/mol. The summed E-state index contributed by atoms with van der Waals surface area (Å²) in [5.74, 6) is -0.533. The molecule has 6 heteroatoms. The van der Waals surface area contributed by atoms with Crippen LogP contribution in [-0.2, 0) is 16.2 Å². The molecule has 0 bridgehead atoms. The number of ether oxygens (including phenoxy) is 1. The second-order valence-corrected chi connectivity index (χ2v) is 7.18. The second-order valence-electron chi connectivity index (χ2n) is 7.18. The van der Waals surface area contributed by atoms with Crippen LogP contribution in [0.25, 0.3) is 0 Å². The van der Waals surface area contributed by atoms with Crippen molar-refractivity contribution in [2.24, 2.45) is 0 Å². The highest BCUT2D eigenvalue weighted by molar-refractivity contribution is 5.89. The molecule has 28 heavy (non-hydrogen) atoms. The van der Waals surface area contributed by atoms with Gasteiger partial charge in [0.1, 0.15) is 18.4 Å². The minimum atomic E-state index is -0.764. The van der Waals surface area contributed by atoms with Crippen LogP contribution in [0.5, 0.6) is 5.75 Å². The van der Waals surface area contributed by atoms with Crippen molar-refractivity contribution in [2.45, 2.75) is 46.3 Å². The van der Waals surface area contributed by atoms with Crippen molar-refractivity contribution in [2.75, 3.05) is 7.05 Å². The van der Waals surface area contributed by atoms with Crippen molar-refractivity contribution >= 4 is 11.8 Å². The number of aryl methyl sites for hydroxylation is 2. The van der Waals surface area contributed by atoms with Crippen molar-refractivity contribution in [1.29, 1.82) is 0 Å². The zero-order chi connectivity index (χ0) is 20.8. The Labute approximate surface area is 166 Å². The number of hydrogen-bond donors (Lipinski definition) is 2. The standard InChI is InChI=1S/C22H28N2O4/c1-14-10-15(2)12-18(11-14)13-28-20-8-6-19(7-9-20)16(3)22(26)24(5)17(4)21(25)23-27/h6-12,16-17,27H,13H2,1-5H3,(H,23,25)/t16?,17-/m1/s1. The first-order valence-corrected chi connectivity index (χ1v) is 9.23. The number of carbonyl (C=O) groups excluding carboxylic acids is 2. The first-order valence-electron chi connectivity index (χ1n) is 9.23. The Hall–Kier alpha value is -2.86. The van der Waals surface area contributed by atoms with E-state index < -0.39 is 17.9 Å². The summed E-state index contributed by atoms with van der Waals surface area (Å²) in [5.41, 5.74) is 5.92. The van der Waals surface area contributed by atoms with Crippen LogP contribution in [0.4, 0.5) is 0 Å². The van der Waals surface area contributed by atoms with E-state index >= 15 is 0 Å². The molecule has 2 aromatic carbocycles. The number of nitrogens with one attached hydrogen (secondary N) is 1. The van der Waals surface area contributed by atoms with Crippen LogP contribution in [0.3, 0.4) is 0 Å². The molecular weight excluding hydrogens is 356 g/mol. The van der Waals surface area contributed by atoms with Gasteiger partial charge in [0.25, 0.3) is 5.91 Å². The Kier molecular flexibility index (Phi) is 7.18. The van der Waals surface area contributed by atoms with Crippen LogP contribution < -0.4 is 10.2 Å². The fraction of sp³-hybridized carbons (Fsp3) is 0.364. The fourth-order valence-electron chi connectivity index (χ4n) is 3.08. The van der Waals surface area contributed by atoms with E-state index in [4.69, 9.17) is 9.94 Å². The summed E-state index contributed by atoms with van der Waals surface area (Å²) in [5, 5.41) is 8.73. The van der Waals surface area contributed by atoms with Gasteiger partial charge in [-0.1, -0.05) is 41.5 Å². The number of amides is 2. The van der Waals surface area contributed by atoms with Gasteiger partial charge in [-0.05, 0) is 51.0 Å². The Morgan fingerprint density at radius 1 is 1.07 bits per heavy atom. The molecule has 0 aliphatic heterocycles. The van der Waals surface area contributed by atoms with Crippen molar-refractivity contribution in [1.82, 2.24) is 10.4 Å². The Bertz CT molecular complexity index is 813. The van der Waals surface area contributed by atoms with Crippen LogP contribution in [0.2, 0.25) is 0 Å². The molecule has 1 unspecified atom stereocenters. The van der Waals surface area contributed by atoms with Gasteiger partial charge in [-0.3, -0.25) is 14.8 Å². The van der Waals surface area contributed by atoms with E-state index in [9.17, 15) is 9.59 Å². The number of rotatable bonds is 7. The van der Waals surface area contributed by atoms with Crippen molar-refractivity contribution < 1.29 is 19.5 Å². The number of nitrogens with zero attached hydrogens (tertiary/aromatic N) is 1. The van der Waals surface area contributed by atoms with Gasteiger partial charge in [0, 0.05) is 7.05 Å². The molecule has 2 aromatic rings. The molecule has 0 aliphatic rings. The third-order valence-corrected chi connectivity index (χ3v) is 4.86. The van der Waals surface area contributed by atoms with Crippen molar-refractivity contribution in [3.63, 3.8) is 0 Å². The molecule has 0 spiro atoms. The summed E-state index contributed by atoms with van der Waals surface area (Å²) < 4.78 is 5.85. The second kappa shape index (κ2) is 9.37. The van der Waals surface area contributed by atoms with E-state index in [1.807, 2.05) is 24.3 Å². The Morgan fingerprint density at radius 3 is 2.18 bits per heavy atom. The van der Waals surface area contributed by atoms with E-state index in [-0.39, 0.29) is 5.91 Å². The molecule has 2 atom stereocenters. The summed E-state index contributed by atoms with van der Waals surface area (Å²) in [6, 6.07) is 12.9. The van der Waals surface area contributed by atoms with E-state index in [0.717, 1.165) is 16.9 Å². The smallest absolute Gasteiger partial charge is 0.265 e. The lowest BCUT2D eigenvalue weighted by Crippen LogP contribution is -2.46. The normalized spacial score (nSPS) is 12.8. The summed E-state index contributed by atoms with van der Waals surface area (Å²) in [6.07, 6.45) is 0. The lowest BCUT2D eigenvalue weighted by Gasteiger charge is -2.26. The van der Waals surface area contributed by atoms with Gasteiger partial charge in [0.05, 0.1) is 5.92 Å². The predicted molar refractivity (Wildman–Crippen MR) is 107 cm³/mol. The quantitative estimate of drug-likeness (QED) is 0.567. The number of benzene rings is 2. The zero-order valence-corrected chi connectivity index (χ0v) is 17.0. The van der Waals surface area contributed by atoms with Gasteiger partial charge >= 0.3 is 0 Å². The largest absolute Gasteiger partial charge is 0.489 e. The highest BCUT2D eigenvalue weighted by Crippen LogP contribution is 2.22. The lowest BCUT2D eigenvalue weighted by atomic mass is 9.99. The Balaban J connectivity index is 2.00. The van der Waals surface area contributed by atoms with E-state index in [1.165, 1.54) is 16.0 Å². The van der Waals surface area contributed by atoms with E-state index in [0.29, 0.717) is 6.61 Å². The number of hydrogen-bond acceptors (Lipinski definition) is 4. The Morgan fingerprint density at radius 2 is 1.64 bits per heavy atom. The van der Waals surface area contributed by atoms with Crippen LogP contribution in [0.1, 0.15) is 42.0 Å². The topological polar surface area (TPSA) is 78.9 Å². The van der Waals surface area contributed by atoms with Crippen molar-refractivity contribution in [3.8, 4) is 5.75 Å². The molecule has 0 saturated heterocycles. The van der Waals surface area contributed by atoms with Gasteiger partial charge in [0.2, 0.25) is 5.91 Å². The van der Waals surface area contributed by atoms with Gasteiger partial charge < -0.3 is 9.64 Å². The van der Waals surface area contributed by atoms with Crippen LogP contribution in [-0.4, -0.2) is 35.0 Å². The number of hydroxylamine groups is 1. The summed E-state index contributed by atoms with van der Waals surface area (Å²) in [4.78, 5) is 25.4. The fourth-order valence-corrected chi connectivity index (χ4v) is 3.08. The zero-order valence-electron chi connectivity index (χ0n) is 17.0. The molecule has 0 heterocycles. The molecule has 0 saturated carbocycles. The summed E-state index contributed by atoms with van der Waals surface area (Å²) >= 11 is 0. The van der Waals surface area contributed by atoms with Gasteiger partial charge in [-0.15, -0.1) is 0 Å². The average Bonchev–Trinajstić information content (AvgIpc) is 2.69.